The van der Waals surface area contributed by atoms with Crippen LogP contribution < -0.4 is 28.3 Å². The van der Waals surface area contributed by atoms with Gasteiger partial charge in [-0.05, 0) is 19.3 Å². The summed E-state index contributed by atoms with van der Waals surface area (Å²) < 4.78 is 23.2. The average Bonchev–Trinajstić information content (AvgIpc) is 2.79. The predicted molar refractivity (Wildman–Crippen MR) is 117 cm³/mol. The van der Waals surface area contributed by atoms with Crippen molar-refractivity contribution in [2.45, 2.75) is 106 Å². The molecule has 0 radical (unpaired) electrons. The molecule has 3 fully saturated rings. The highest BCUT2D eigenvalue weighted by Crippen LogP contribution is 2.31. The maximum absolute atomic E-state index is 11.8. The van der Waals surface area contributed by atoms with Crippen LogP contribution in [0.1, 0.15) is 26.2 Å². The lowest BCUT2D eigenvalue weighted by molar-refractivity contribution is -0.313. The Morgan fingerprint density at radius 3 is 2.26 bits per heavy atom. The molecule has 0 aromatic carbocycles. The van der Waals surface area contributed by atoms with Gasteiger partial charge in [-0.3, -0.25) is 4.79 Å². The highest BCUT2D eigenvalue weighted by atomic mass is 16.7. The van der Waals surface area contributed by atoms with Crippen molar-refractivity contribution in [3.63, 3.8) is 0 Å². The molecule has 1 saturated carbocycles. The zero-order valence-electron chi connectivity index (χ0n) is 19.2. The van der Waals surface area contributed by atoms with Crippen LogP contribution in [0.3, 0.4) is 0 Å². The van der Waals surface area contributed by atoms with E-state index in [1.165, 1.54) is 6.92 Å². The van der Waals surface area contributed by atoms with Crippen molar-refractivity contribution in [3.05, 3.63) is 0 Å². The van der Waals surface area contributed by atoms with Crippen LogP contribution in [0.25, 0.3) is 0 Å². The van der Waals surface area contributed by atoms with Crippen LogP contribution in [0, 0.1) is 0 Å². The predicted octanol–water partition coefficient (Wildman–Crippen LogP) is -5.09. The highest BCUT2D eigenvalue weighted by molar-refractivity contribution is 5.73. The SMILES string of the molecule is CC(=O)N[C@H]1C[C@@H](N)[C@H](O[C@H]2O[C@H](CO)[C@@H](O)[C@H](N)[C@H]2O)[C@@H](O)[C@@H]1O[C@H]1O[C@H](CN)CC[C@H]1N. The van der Waals surface area contributed by atoms with Crippen molar-refractivity contribution in [3.8, 4) is 0 Å². The van der Waals surface area contributed by atoms with E-state index in [9.17, 15) is 25.2 Å². The lowest BCUT2D eigenvalue weighted by Gasteiger charge is -2.48. The van der Waals surface area contributed by atoms with E-state index in [2.05, 4.69) is 5.32 Å². The number of carbonyl (C=O) groups excluding carboxylic acids is 1. The number of carbonyl (C=O) groups is 1. The third-order valence-electron chi connectivity index (χ3n) is 6.69. The quantitative estimate of drug-likeness (QED) is 0.161. The molecule has 0 bridgehead atoms. The molecule has 2 heterocycles. The van der Waals surface area contributed by atoms with Crippen LogP contribution in [0.15, 0.2) is 0 Å². The van der Waals surface area contributed by atoms with E-state index in [4.69, 9.17) is 41.9 Å². The van der Waals surface area contributed by atoms with E-state index in [-0.39, 0.29) is 25.0 Å². The Hall–Kier alpha value is -1.01. The van der Waals surface area contributed by atoms with Gasteiger partial charge in [0, 0.05) is 19.5 Å². The summed E-state index contributed by atoms with van der Waals surface area (Å²) in [5.41, 5.74) is 24.0. The minimum atomic E-state index is -1.45. The summed E-state index contributed by atoms with van der Waals surface area (Å²) in [6.07, 6.45) is -8.46. The number of hydrogen-bond acceptors (Lipinski definition) is 13. The van der Waals surface area contributed by atoms with Crippen molar-refractivity contribution < 1.29 is 44.2 Å². The molecule has 3 aliphatic rings. The van der Waals surface area contributed by atoms with Crippen molar-refractivity contribution in [1.29, 1.82) is 0 Å². The summed E-state index contributed by atoms with van der Waals surface area (Å²) >= 11 is 0. The van der Waals surface area contributed by atoms with Gasteiger partial charge in [-0.25, -0.2) is 0 Å². The zero-order chi connectivity index (χ0) is 25.2. The smallest absolute Gasteiger partial charge is 0.217 e. The number of rotatable bonds is 7. The minimum Gasteiger partial charge on any atom is -0.394 e. The highest BCUT2D eigenvalue weighted by Gasteiger charge is 2.50. The van der Waals surface area contributed by atoms with Gasteiger partial charge in [0.15, 0.2) is 12.6 Å². The fourth-order valence-electron chi connectivity index (χ4n) is 4.72. The summed E-state index contributed by atoms with van der Waals surface area (Å²) in [5, 5.41) is 43.9. The molecule has 3 rings (SSSR count). The molecule has 0 aromatic rings. The van der Waals surface area contributed by atoms with Crippen molar-refractivity contribution in [2.24, 2.45) is 22.9 Å². The molecule has 198 valence electrons. The molecule has 13 N–H and O–H groups in total. The van der Waals surface area contributed by atoms with Gasteiger partial charge in [-0.2, -0.15) is 0 Å². The number of aliphatic hydroxyl groups is 4. The van der Waals surface area contributed by atoms with Gasteiger partial charge in [0.05, 0.1) is 30.8 Å². The monoisotopic (exact) mass is 493 g/mol. The lowest BCUT2D eigenvalue weighted by atomic mass is 9.83. The van der Waals surface area contributed by atoms with Crippen molar-refractivity contribution >= 4 is 5.91 Å². The summed E-state index contributed by atoms with van der Waals surface area (Å²) in [6, 6.07) is -3.11. The van der Waals surface area contributed by atoms with Crippen LogP contribution in [0.4, 0.5) is 0 Å². The third kappa shape index (κ3) is 6.03. The first-order chi connectivity index (χ1) is 16.1. The Balaban J connectivity index is 1.78. The Morgan fingerprint density at radius 2 is 1.65 bits per heavy atom. The second-order valence-electron chi connectivity index (χ2n) is 9.29. The summed E-state index contributed by atoms with van der Waals surface area (Å²) in [6.45, 7) is 1.05. The van der Waals surface area contributed by atoms with Gasteiger partial charge >= 0.3 is 0 Å². The second-order valence-corrected chi connectivity index (χ2v) is 9.29. The molecule has 14 heteroatoms. The molecule has 0 spiro atoms. The molecule has 14 nitrogen and oxygen atoms in total. The third-order valence-corrected chi connectivity index (χ3v) is 6.69. The number of amides is 1. The summed E-state index contributed by atoms with van der Waals surface area (Å²) in [7, 11) is 0. The first-order valence-electron chi connectivity index (χ1n) is 11.6. The minimum absolute atomic E-state index is 0.162. The largest absolute Gasteiger partial charge is 0.394 e. The van der Waals surface area contributed by atoms with Gasteiger partial charge in [0.1, 0.15) is 36.6 Å². The van der Waals surface area contributed by atoms with Crippen LogP contribution in [0.5, 0.6) is 0 Å². The first-order valence-corrected chi connectivity index (χ1v) is 11.6. The zero-order valence-corrected chi connectivity index (χ0v) is 19.2. The van der Waals surface area contributed by atoms with Gasteiger partial charge in [0.25, 0.3) is 0 Å². The topological polar surface area (TPSA) is 251 Å². The lowest BCUT2D eigenvalue weighted by Crippen LogP contribution is -2.68. The fourth-order valence-corrected chi connectivity index (χ4v) is 4.72. The van der Waals surface area contributed by atoms with E-state index in [0.717, 1.165) is 0 Å². The molecule has 0 aromatic heterocycles. The number of ether oxygens (including phenoxy) is 4. The van der Waals surface area contributed by atoms with E-state index >= 15 is 0 Å². The molecular formula is C20H39N5O9. The van der Waals surface area contributed by atoms with Gasteiger partial charge < -0.3 is 67.6 Å². The van der Waals surface area contributed by atoms with Crippen LogP contribution >= 0.6 is 0 Å². The molecule has 13 atom stereocenters. The molecule has 2 saturated heterocycles. The second kappa shape index (κ2) is 11.8. The van der Waals surface area contributed by atoms with Crippen LogP contribution in [-0.4, -0.2) is 119 Å². The summed E-state index contributed by atoms with van der Waals surface area (Å²) in [5.74, 6) is -0.345. The molecule has 0 unspecified atom stereocenters. The molecule has 1 amide bonds. The Morgan fingerprint density at radius 1 is 0.971 bits per heavy atom. The Kier molecular flexibility index (Phi) is 9.58. The van der Waals surface area contributed by atoms with E-state index < -0.39 is 80.0 Å². The molecular weight excluding hydrogens is 454 g/mol. The average molecular weight is 494 g/mol. The maximum atomic E-state index is 11.8. The maximum Gasteiger partial charge on any atom is 0.217 e. The summed E-state index contributed by atoms with van der Waals surface area (Å²) in [4.78, 5) is 11.8. The van der Waals surface area contributed by atoms with Crippen molar-refractivity contribution in [1.82, 2.24) is 5.32 Å². The van der Waals surface area contributed by atoms with Crippen LogP contribution in [-0.2, 0) is 23.7 Å². The van der Waals surface area contributed by atoms with Crippen LogP contribution in [0.2, 0.25) is 0 Å². The Labute approximate surface area is 197 Å². The number of nitrogens with two attached hydrogens (primary N) is 4. The standard InChI is InChI=1S/C20H39N5O9/c1-7(27)25-11-4-10(23)17(33-20-15(29)13(24)14(28)12(6-26)32-20)16(30)18(11)34-19-9(22)3-2-8(5-21)31-19/h8-20,26,28-30H,2-6,21-24H2,1H3,(H,25,27)/t8-,9+,10+,11-,12+,13-,14+,15+,16+,17-,18+,19+,20+/m0/s1. The number of hydrogen-bond donors (Lipinski definition) is 9. The number of nitrogens with one attached hydrogen (secondary N) is 1. The molecule has 1 aliphatic carbocycles. The fraction of sp³-hybridized carbons (Fsp3) is 0.950. The van der Waals surface area contributed by atoms with Gasteiger partial charge in [0.2, 0.25) is 5.91 Å². The van der Waals surface area contributed by atoms with E-state index in [0.29, 0.717) is 12.8 Å². The Bertz CT molecular complexity index is 676. The van der Waals surface area contributed by atoms with Gasteiger partial charge in [-0.15, -0.1) is 0 Å². The molecule has 34 heavy (non-hydrogen) atoms. The van der Waals surface area contributed by atoms with E-state index in [1.54, 1.807) is 0 Å². The first kappa shape index (κ1) is 27.6. The van der Waals surface area contributed by atoms with E-state index in [1.807, 2.05) is 0 Å². The molecule has 2 aliphatic heterocycles. The number of aliphatic hydroxyl groups excluding tert-OH is 4. The normalized spacial score (nSPS) is 47.9. The van der Waals surface area contributed by atoms with Crippen molar-refractivity contribution in [2.75, 3.05) is 13.2 Å². The van der Waals surface area contributed by atoms with Gasteiger partial charge in [-0.1, -0.05) is 0 Å².